The molecule has 0 spiro atoms. The van der Waals surface area contributed by atoms with E-state index in [1.807, 2.05) is 6.92 Å². The molecule has 30 heavy (non-hydrogen) atoms. The maximum atomic E-state index is 12.1. The first-order valence-corrected chi connectivity index (χ1v) is 9.78. The molecule has 7 nitrogen and oxygen atoms in total. The van der Waals surface area contributed by atoms with Crippen LogP contribution in [0.1, 0.15) is 29.3 Å². The van der Waals surface area contributed by atoms with Crippen LogP contribution in [0, 0.1) is 0 Å². The predicted molar refractivity (Wildman–Crippen MR) is 122 cm³/mol. The summed E-state index contributed by atoms with van der Waals surface area (Å²) in [5, 5.41) is 8.42. The van der Waals surface area contributed by atoms with Crippen LogP contribution in [-0.2, 0) is 4.79 Å². The lowest BCUT2D eigenvalue weighted by Crippen LogP contribution is -2.33. The summed E-state index contributed by atoms with van der Waals surface area (Å²) in [5.41, 5.74) is 1.89. The Morgan fingerprint density at radius 2 is 1.83 bits per heavy atom. The van der Waals surface area contributed by atoms with Gasteiger partial charge in [-0.15, -0.1) is 0 Å². The third kappa shape index (κ3) is 6.89. The van der Waals surface area contributed by atoms with Gasteiger partial charge in [0.05, 0.1) is 14.2 Å². The summed E-state index contributed by atoms with van der Waals surface area (Å²) in [6, 6.07) is 12.2. The van der Waals surface area contributed by atoms with Gasteiger partial charge in [-0.1, -0.05) is 19.1 Å². The van der Waals surface area contributed by atoms with Gasteiger partial charge < -0.3 is 20.1 Å². The molecule has 8 heteroatoms. The van der Waals surface area contributed by atoms with Crippen LogP contribution in [0.4, 0.5) is 5.69 Å². The minimum absolute atomic E-state index is 0.128. The fourth-order valence-corrected chi connectivity index (χ4v) is 2.74. The zero-order valence-corrected chi connectivity index (χ0v) is 18.0. The van der Waals surface area contributed by atoms with Gasteiger partial charge >= 0.3 is 0 Å². The Morgan fingerprint density at radius 3 is 2.53 bits per heavy atom. The maximum Gasteiger partial charge on any atom is 0.251 e. The Hall–Kier alpha value is -3.39. The lowest BCUT2D eigenvalue weighted by molar-refractivity contribution is -0.115. The van der Waals surface area contributed by atoms with E-state index in [2.05, 4.69) is 16.0 Å². The third-order valence-electron chi connectivity index (χ3n) is 3.99. The summed E-state index contributed by atoms with van der Waals surface area (Å²) in [6.07, 6.45) is 3.86. The van der Waals surface area contributed by atoms with E-state index in [9.17, 15) is 9.59 Å². The Morgan fingerprint density at radius 1 is 1.07 bits per heavy atom. The number of ether oxygens (including phenoxy) is 2. The van der Waals surface area contributed by atoms with Crippen LogP contribution < -0.4 is 25.4 Å². The average Bonchev–Trinajstić information content (AvgIpc) is 2.75. The molecule has 0 radical (unpaired) electrons. The van der Waals surface area contributed by atoms with Crippen LogP contribution in [0.2, 0.25) is 0 Å². The molecule has 2 aromatic rings. The van der Waals surface area contributed by atoms with Crippen molar-refractivity contribution in [1.82, 2.24) is 10.6 Å². The minimum atomic E-state index is -0.390. The third-order valence-corrected chi connectivity index (χ3v) is 4.19. The molecule has 0 aliphatic rings. The summed E-state index contributed by atoms with van der Waals surface area (Å²) in [6.45, 7) is 2.59. The highest BCUT2D eigenvalue weighted by Crippen LogP contribution is 2.27. The van der Waals surface area contributed by atoms with Crippen LogP contribution in [0.15, 0.2) is 48.5 Å². The van der Waals surface area contributed by atoms with Crippen LogP contribution >= 0.6 is 12.2 Å². The van der Waals surface area contributed by atoms with E-state index in [0.717, 1.165) is 12.0 Å². The summed E-state index contributed by atoms with van der Waals surface area (Å²) < 4.78 is 10.4. The van der Waals surface area contributed by atoms with Gasteiger partial charge in [-0.3, -0.25) is 14.9 Å². The first-order chi connectivity index (χ1) is 14.5. The lowest BCUT2D eigenvalue weighted by Gasteiger charge is -2.10. The molecule has 0 saturated heterocycles. The Labute approximate surface area is 181 Å². The highest BCUT2D eigenvalue weighted by Gasteiger charge is 2.07. The number of hydrogen-bond donors (Lipinski definition) is 3. The molecule has 0 aliphatic carbocycles. The van der Waals surface area contributed by atoms with Crippen molar-refractivity contribution in [3.63, 3.8) is 0 Å². The number of benzene rings is 2. The zero-order valence-electron chi connectivity index (χ0n) is 17.2. The van der Waals surface area contributed by atoms with Crippen molar-refractivity contribution in [1.29, 1.82) is 0 Å². The second-order valence-electron chi connectivity index (χ2n) is 6.23. The van der Waals surface area contributed by atoms with Gasteiger partial charge in [-0.2, -0.15) is 0 Å². The highest BCUT2D eigenvalue weighted by atomic mass is 32.1. The number of hydrogen-bond acceptors (Lipinski definition) is 5. The average molecular weight is 428 g/mol. The normalized spacial score (nSPS) is 10.4. The van der Waals surface area contributed by atoms with Crippen LogP contribution in [0.5, 0.6) is 11.5 Å². The number of methoxy groups -OCH3 is 2. The fourth-order valence-electron chi connectivity index (χ4n) is 2.52. The Bertz CT molecular complexity index is 944. The van der Waals surface area contributed by atoms with Crippen molar-refractivity contribution in [2.45, 2.75) is 13.3 Å². The van der Waals surface area contributed by atoms with E-state index in [1.54, 1.807) is 62.8 Å². The second-order valence-corrected chi connectivity index (χ2v) is 6.64. The zero-order chi connectivity index (χ0) is 21.9. The number of rotatable bonds is 8. The van der Waals surface area contributed by atoms with Gasteiger partial charge in [0, 0.05) is 23.9 Å². The Kier molecular flexibility index (Phi) is 8.83. The van der Waals surface area contributed by atoms with E-state index in [4.69, 9.17) is 21.7 Å². The van der Waals surface area contributed by atoms with Crippen molar-refractivity contribution in [2.24, 2.45) is 0 Å². The number of amides is 2. The number of nitrogens with one attached hydrogen (secondary N) is 3. The molecule has 0 saturated carbocycles. The standard InChI is InChI=1S/C22H25N3O4S/c1-4-12-23-21(27)16-6-5-7-17(14-16)24-22(30)25-20(26)11-9-15-8-10-18(28-2)19(13-15)29-3/h5-11,13-14H,4,12H2,1-3H3,(H,23,27)(H2,24,25,26,30)/b11-9+. The molecular weight excluding hydrogens is 402 g/mol. The molecule has 0 atom stereocenters. The van der Waals surface area contributed by atoms with Gasteiger partial charge in [-0.05, 0) is 60.6 Å². The van der Waals surface area contributed by atoms with E-state index in [0.29, 0.717) is 29.3 Å². The molecule has 0 bridgehead atoms. The van der Waals surface area contributed by atoms with Gasteiger partial charge in [0.25, 0.3) is 5.91 Å². The molecule has 0 aliphatic heterocycles. The molecule has 0 fully saturated rings. The molecule has 0 aromatic heterocycles. The van der Waals surface area contributed by atoms with Crippen LogP contribution in [0.3, 0.4) is 0 Å². The minimum Gasteiger partial charge on any atom is -0.493 e. The molecule has 2 rings (SSSR count). The molecule has 2 amide bonds. The van der Waals surface area contributed by atoms with E-state index < -0.39 is 0 Å². The predicted octanol–water partition coefficient (Wildman–Crippen LogP) is 3.37. The smallest absolute Gasteiger partial charge is 0.251 e. The lowest BCUT2D eigenvalue weighted by atomic mass is 10.2. The number of thiocarbonyl (C=S) groups is 1. The monoisotopic (exact) mass is 427 g/mol. The summed E-state index contributed by atoms with van der Waals surface area (Å²) >= 11 is 5.18. The van der Waals surface area contributed by atoms with E-state index >= 15 is 0 Å². The second kappa shape index (κ2) is 11.6. The number of carbonyl (C=O) groups excluding carboxylic acids is 2. The summed E-state index contributed by atoms with van der Waals surface area (Å²) in [5.74, 6) is 0.627. The quantitative estimate of drug-likeness (QED) is 0.442. The highest BCUT2D eigenvalue weighted by molar-refractivity contribution is 7.80. The van der Waals surface area contributed by atoms with Crippen molar-refractivity contribution in [3.05, 3.63) is 59.7 Å². The molecule has 158 valence electrons. The van der Waals surface area contributed by atoms with Crippen LogP contribution in [0.25, 0.3) is 6.08 Å². The molecule has 2 aromatic carbocycles. The van der Waals surface area contributed by atoms with Gasteiger partial charge in [-0.25, -0.2) is 0 Å². The summed E-state index contributed by atoms with van der Waals surface area (Å²) in [4.78, 5) is 24.2. The van der Waals surface area contributed by atoms with Crippen molar-refractivity contribution in [2.75, 3.05) is 26.1 Å². The largest absolute Gasteiger partial charge is 0.493 e. The first kappa shape index (κ1) is 22.9. The molecule has 3 N–H and O–H groups in total. The van der Waals surface area contributed by atoms with Crippen molar-refractivity contribution in [3.8, 4) is 11.5 Å². The van der Waals surface area contributed by atoms with Gasteiger partial charge in [0.1, 0.15) is 0 Å². The topological polar surface area (TPSA) is 88.7 Å². The maximum absolute atomic E-state index is 12.1. The fraction of sp³-hybridized carbons (Fsp3) is 0.227. The molecule has 0 unspecified atom stereocenters. The Balaban J connectivity index is 1.94. The van der Waals surface area contributed by atoms with Crippen molar-refractivity contribution < 1.29 is 19.1 Å². The number of anilines is 1. The summed E-state index contributed by atoms with van der Waals surface area (Å²) in [7, 11) is 3.10. The van der Waals surface area contributed by atoms with E-state index in [-0.39, 0.29) is 16.9 Å². The van der Waals surface area contributed by atoms with Gasteiger partial charge in [0.2, 0.25) is 5.91 Å². The first-order valence-electron chi connectivity index (χ1n) is 9.37. The molecule has 0 heterocycles. The van der Waals surface area contributed by atoms with Crippen LogP contribution in [-0.4, -0.2) is 37.7 Å². The van der Waals surface area contributed by atoms with Crippen molar-refractivity contribution >= 4 is 40.9 Å². The molecular formula is C22H25N3O4S. The SMILES string of the molecule is CCCNC(=O)c1cccc(NC(=S)NC(=O)/C=C/c2ccc(OC)c(OC)c2)c1. The number of carbonyl (C=O) groups is 2. The van der Waals surface area contributed by atoms with E-state index in [1.165, 1.54) is 6.08 Å². The van der Waals surface area contributed by atoms with Gasteiger partial charge in [0.15, 0.2) is 16.6 Å².